The van der Waals surface area contributed by atoms with E-state index in [-0.39, 0.29) is 18.9 Å². The molecular weight excluding hydrogens is 285 g/mol. The predicted octanol–water partition coefficient (Wildman–Crippen LogP) is 3.20. The molecule has 0 saturated heterocycles. The van der Waals surface area contributed by atoms with Crippen LogP contribution in [0.4, 0.5) is 0 Å². The number of amides is 1. The van der Waals surface area contributed by atoms with Gasteiger partial charge in [-0.2, -0.15) is 0 Å². The van der Waals surface area contributed by atoms with Gasteiger partial charge in [0.25, 0.3) is 0 Å². The van der Waals surface area contributed by atoms with Gasteiger partial charge in [-0.15, -0.1) is 0 Å². The maximum Gasteiger partial charge on any atom is 0.225 e. The Balaban J connectivity index is 2.81. The third-order valence-electron chi connectivity index (χ3n) is 3.46. The van der Waals surface area contributed by atoms with E-state index in [1.54, 1.807) is 18.2 Å². The Bertz CT molecular complexity index is 417. The normalized spacial score (nSPS) is 11.4. The van der Waals surface area contributed by atoms with Crippen LogP contribution in [0.25, 0.3) is 0 Å². The molecule has 0 aliphatic rings. The second-order valence-corrected chi connectivity index (χ2v) is 5.39. The SMILES string of the molecule is CCC(CC)(CO)NC(=O)Cc1c(Cl)cccc1Cl. The molecule has 0 aliphatic carbocycles. The van der Waals surface area contributed by atoms with Crippen LogP contribution in [-0.4, -0.2) is 23.2 Å². The minimum Gasteiger partial charge on any atom is -0.394 e. The molecule has 0 saturated carbocycles. The lowest BCUT2D eigenvalue weighted by molar-refractivity contribution is -0.123. The second kappa shape index (κ2) is 7.13. The Morgan fingerprint density at radius 1 is 1.26 bits per heavy atom. The van der Waals surface area contributed by atoms with Gasteiger partial charge in [0.05, 0.1) is 18.6 Å². The molecule has 1 aromatic carbocycles. The van der Waals surface area contributed by atoms with Gasteiger partial charge in [0.15, 0.2) is 0 Å². The van der Waals surface area contributed by atoms with E-state index >= 15 is 0 Å². The lowest BCUT2D eigenvalue weighted by atomic mass is 9.93. The van der Waals surface area contributed by atoms with Crippen molar-refractivity contribution in [3.8, 4) is 0 Å². The van der Waals surface area contributed by atoms with Crippen molar-refractivity contribution in [1.29, 1.82) is 0 Å². The Labute approximate surface area is 123 Å². The van der Waals surface area contributed by atoms with Crippen molar-refractivity contribution < 1.29 is 9.90 Å². The van der Waals surface area contributed by atoms with Crippen molar-refractivity contribution in [3.05, 3.63) is 33.8 Å². The molecule has 0 atom stereocenters. The first-order chi connectivity index (χ1) is 8.98. The highest BCUT2D eigenvalue weighted by molar-refractivity contribution is 6.36. The summed E-state index contributed by atoms with van der Waals surface area (Å²) in [7, 11) is 0. The average molecular weight is 304 g/mol. The molecular formula is C14H19Cl2NO2. The van der Waals surface area contributed by atoms with Gasteiger partial charge >= 0.3 is 0 Å². The molecule has 0 bridgehead atoms. The average Bonchev–Trinajstić information content (AvgIpc) is 2.41. The van der Waals surface area contributed by atoms with Crippen molar-refractivity contribution in [3.63, 3.8) is 0 Å². The summed E-state index contributed by atoms with van der Waals surface area (Å²) in [5.41, 5.74) is 0.0486. The highest BCUT2D eigenvalue weighted by atomic mass is 35.5. The zero-order valence-corrected chi connectivity index (χ0v) is 12.7. The zero-order valence-electron chi connectivity index (χ0n) is 11.2. The fourth-order valence-corrected chi connectivity index (χ4v) is 2.42. The lowest BCUT2D eigenvalue weighted by Crippen LogP contribution is -2.51. The number of nitrogens with one attached hydrogen (secondary N) is 1. The van der Waals surface area contributed by atoms with E-state index in [0.717, 1.165) is 0 Å². The van der Waals surface area contributed by atoms with E-state index in [9.17, 15) is 9.90 Å². The van der Waals surface area contributed by atoms with Crippen LogP contribution in [0, 0.1) is 0 Å². The third kappa shape index (κ3) is 4.10. The van der Waals surface area contributed by atoms with Crippen molar-refractivity contribution in [2.75, 3.05) is 6.61 Å². The van der Waals surface area contributed by atoms with Crippen LogP contribution >= 0.6 is 23.2 Å². The second-order valence-electron chi connectivity index (χ2n) is 4.57. The maximum atomic E-state index is 12.1. The van der Waals surface area contributed by atoms with E-state index in [0.29, 0.717) is 28.5 Å². The number of carbonyl (C=O) groups is 1. The summed E-state index contributed by atoms with van der Waals surface area (Å²) in [4.78, 5) is 12.1. The van der Waals surface area contributed by atoms with E-state index in [4.69, 9.17) is 23.2 Å². The lowest BCUT2D eigenvalue weighted by Gasteiger charge is -2.30. The number of hydrogen-bond acceptors (Lipinski definition) is 2. The van der Waals surface area contributed by atoms with Crippen molar-refractivity contribution in [2.24, 2.45) is 0 Å². The number of halogens is 2. The molecule has 5 heteroatoms. The Morgan fingerprint density at radius 3 is 2.21 bits per heavy atom. The van der Waals surface area contributed by atoms with Crippen LogP contribution in [0.1, 0.15) is 32.3 Å². The number of aliphatic hydroxyl groups is 1. The van der Waals surface area contributed by atoms with Crippen LogP contribution in [0.2, 0.25) is 10.0 Å². The van der Waals surface area contributed by atoms with Gasteiger partial charge in [0, 0.05) is 10.0 Å². The first kappa shape index (κ1) is 16.3. The number of hydrogen-bond donors (Lipinski definition) is 2. The number of aliphatic hydroxyl groups excluding tert-OH is 1. The molecule has 0 heterocycles. The summed E-state index contributed by atoms with van der Waals surface area (Å²) < 4.78 is 0. The summed E-state index contributed by atoms with van der Waals surface area (Å²) >= 11 is 12.1. The quantitative estimate of drug-likeness (QED) is 0.848. The number of carbonyl (C=O) groups excluding carboxylic acids is 1. The minimum atomic E-state index is -0.565. The van der Waals surface area contributed by atoms with Gasteiger partial charge < -0.3 is 10.4 Å². The first-order valence-electron chi connectivity index (χ1n) is 6.32. The first-order valence-corrected chi connectivity index (χ1v) is 7.08. The van der Waals surface area contributed by atoms with Crippen LogP contribution in [-0.2, 0) is 11.2 Å². The molecule has 0 unspecified atom stereocenters. The molecule has 3 nitrogen and oxygen atoms in total. The third-order valence-corrected chi connectivity index (χ3v) is 4.17. The molecule has 1 rings (SSSR count). The summed E-state index contributed by atoms with van der Waals surface area (Å²) in [5, 5.41) is 13.3. The molecule has 0 aliphatic heterocycles. The van der Waals surface area contributed by atoms with Crippen molar-refractivity contribution >= 4 is 29.1 Å². The molecule has 0 aromatic heterocycles. The standard InChI is InChI=1S/C14H19Cl2NO2/c1-3-14(4-2,9-18)17-13(19)8-10-11(15)6-5-7-12(10)16/h5-7,18H,3-4,8-9H2,1-2H3,(H,17,19). The largest absolute Gasteiger partial charge is 0.394 e. The predicted molar refractivity (Wildman–Crippen MR) is 78.7 cm³/mol. The summed E-state index contributed by atoms with van der Waals surface area (Å²) in [6.45, 7) is 3.78. The molecule has 1 aromatic rings. The Morgan fingerprint density at radius 2 is 1.79 bits per heavy atom. The molecule has 106 valence electrons. The molecule has 1 amide bonds. The zero-order chi connectivity index (χ0) is 14.5. The van der Waals surface area contributed by atoms with Crippen LogP contribution < -0.4 is 5.32 Å². The molecule has 0 fully saturated rings. The molecule has 0 radical (unpaired) electrons. The van der Waals surface area contributed by atoms with Gasteiger partial charge in [0.1, 0.15) is 0 Å². The summed E-state index contributed by atoms with van der Waals surface area (Å²) in [5.74, 6) is -0.187. The number of rotatable bonds is 6. The summed E-state index contributed by atoms with van der Waals surface area (Å²) in [6.07, 6.45) is 1.45. The molecule has 2 N–H and O–H groups in total. The smallest absolute Gasteiger partial charge is 0.225 e. The highest BCUT2D eigenvalue weighted by Crippen LogP contribution is 2.25. The van der Waals surface area contributed by atoms with Gasteiger partial charge in [0.2, 0.25) is 5.91 Å². The van der Waals surface area contributed by atoms with Gasteiger partial charge in [-0.1, -0.05) is 43.1 Å². The fourth-order valence-electron chi connectivity index (χ4n) is 1.89. The van der Waals surface area contributed by atoms with E-state index in [1.807, 2.05) is 13.8 Å². The van der Waals surface area contributed by atoms with Crippen LogP contribution in [0.15, 0.2) is 18.2 Å². The van der Waals surface area contributed by atoms with E-state index in [1.165, 1.54) is 0 Å². The maximum absolute atomic E-state index is 12.1. The minimum absolute atomic E-state index is 0.0814. The topological polar surface area (TPSA) is 49.3 Å². The monoisotopic (exact) mass is 303 g/mol. The van der Waals surface area contributed by atoms with Gasteiger partial charge in [-0.05, 0) is 30.5 Å². The van der Waals surface area contributed by atoms with Gasteiger partial charge in [-0.3, -0.25) is 4.79 Å². The van der Waals surface area contributed by atoms with E-state index < -0.39 is 5.54 Å². The highest BCUT2D eigenvalue weighted by Gasteiger charge is 2.27. The van der Waals surface area contributed by atoms with Crippen molar-refractivity contribution in [1.82, 2.24) is 5.32 Å². The van der Waals surface area contributed by atoms with Crippen LogP contribution in [0.5, 0.6) is 0 Å². The van der Waals surface area contributed by atoms with E-state index in [2.05, 4.69) is 5.32 Å². The van der Waals surface area contributed by atoms with Crippen LogP contribution in [0.3, 0.4) is 0 Å². The Hall–Kier alpha value is -0.770. The number of benzene rings is 1. The fraction of sp³-hybridized carbons (Fsp3) is 0.500. The molecule has 19 heavy (non-hydrogen) atoms. The summed E-state index contributed by atoms with van der Waals surface area (Å²) in [6, 6.07) is 5.14. The Kier molecular flexibility index (Phi) is 6.11. The van der Waals surface area contributed by atoms with Gasteiger partial charge in [-0.25, -0.2) is 0 Å². The van der Waals surface area contributed by atoms with Crippen molar-refractivity contribution in [2.45, 2.75) is 38.6 Å². The molecule has 0 spiro atoms.